The van der Waals surface area contributed by atoms with Crippen LogP contribution in [0.25, 0.3) is 0 Å². The highest BCUT2D eigenvalue weighted by Gasteiger charge is 2.40. The first-order valence-corrected chi connectivity index (χ1v) is 5.36. The lowest BCUT2D eigenvalue weighted by Gasteiger charge is -2.22. The molecule has 0 aromatic heterocycles. The van der Waals surface area contributed by atoms with Crippen LogP contribution in [0.5, 0.6) is 0 Å². The molecule has 1 aromatic carbocycles. The Morgan fingerprint density at radius 1 is 1.33 bits per heavy atom. The first-order chi connectivity index (χ1) is 8.58. The topological polar surface area (TPSA) is 83.9 Å². The van der Waals surface area contributed by atoms with Gasteiger partial charge in [-0.05, 0) is 5.56 Å². The molecule has 0 saturated carbocycles. The lowest BCUT2D eigenvalue weighted by atomic mass is 10.1. The van der Waals surface area contributed by atoms with Crippen molar-refractivity contribution in [1.29, 1.82) is 0 Å². The molecule has 1 fully saturated rings. The fourth-order valence-electron chi connectivity index (χ4n) is 1.79. The summed E-state index contributed by atoms with van der Waals surface area (Å²) in [7, 11) is 0. The number of rotatable bonds is 3. The molecule has 1 atom stereocenters. The Labute approximate surface area is 103 Å². The second-order valence-electron chi connectivity index (χ2n) is 3.91. The lowest BCUT2D eigenvalue weighted by molar-refractivity contribution is -0.153. The summed E-state index contributed by atoms with van der Waals surface area (Å²) in [6.07, 6.45) is -1.48. The Bertz CT molecular complexity index is 485. The number of carbonyl (C=O) groups excluding carboxylic acids is 2. The van der Waals surface area contributed by atoms with Crippen molar-refractivity contribution in [3.63, 3.8) is 0 Å². The maximum absolute atomic E-state index is 11.4. The molecule has 1 aromatic rings. The van der Waals surface area contributed by atoms with Gasteiger partial charge in [0.15, 0.2) is 0 Å². The van der Waals surface area contributed by atoms with Gasteiger partial charge in [-0.2, -0.15) is 0 Å². The Balaban J connectivity index is 2.17. The van der Waals surface area contributed by atoms with Crippen LogP contribution in [-0.2, 0) is 20.9 Å². The summed E-state index contributed by atoms with van der Waals surface area (Å²) in [6.45, 7) is 0.0449. The molecule has 1 amide bonds. The van der Waals surface area contributed by atoms with E-state index in [1.807, 2.05) is 6.07 Å². The summed E-state index contributed by atoms with van der Waals surface area (Å²) in [5.74, 6) is -1.50. The molecule has 0 spiro atoms. The molecule has 1 unspecified atom stereocenters. The van der Waals surface area contributed by atoms with Crippen molar-refractivity contribution in [2.45, 2.75) is 19.0 Å². The minimum atomic E-state index is -1.25. The number of cyclic esters (lactones) is 2. The summed E-state index contributed by atoms with van der Waals surface area (Å²) < 4.78 is 4.36. The van der Waals surface area contributed by atoms with Gasteiger partial charge < -0.3 is 9.84 Å². The summed E-state index contributed by atoms with van der Waals surface area (Å²) in [6, 6.07) is 7.80. The van der Waals surface area contributed by atoms with E-state index >= 15 is 0 Å². The Morgan fingerprint density at radius 2 is 2.00 bits per heavy atom. The fourth-order valence-corrected chi connectivity index (χ4v) is 1.79. The predicted molar refractivity (Wildman–Crippen MR) is 59.5 cm³/mol. The van der Waals surface area contributed by atoms with E-state index in [1.165, 1.54) is 0 Å². The third kappa shape index (κ3) is 2.48. The van der Waals surface area contributed by atoms with Gasteiger partial charge in [0.2, 0.25) is 0 Å². The molecular weight excluding hydrogens is 238 g/mol. The van der Waals surface area contributed by atoms with Crippen LogP contribution < -0.4 is 0 Å². The van der Waals surface area contributed by atoms with Gasteiger partial charge in [-0.15, -0.1) is 0 Å². The molecule has 1 aliphatic rings. The molecule has 0 aliphatic carbocycles. The molecule has 1 aliphatic heterocycles. The normalized spacial score (nSPS) is 18.6. The number of nitrogens with zero attached hydrogens (tertiary/aromatic N) is 1. The summed E-state index contributed by atoms with van der Waals surface area (Å²) in [4.78, 5) is 34.4. The monoisotopic (exact) mass is 249 g/mol. The molecule has 1 heterocycles. The number of esters is 2. The first kappa shape index (κ1) is 12.1. The smallest absolute Gasteiger partial charge is 0.408 e. The highest BCUT2D eigenvalue weighted by molar-refractivity contribution is 5.98. The average Bonchev–Trinajstić information content (AvgIpc) is 2.66. The van der Waals surface area contributed by atoms with Crippen LogP contribution in [0.15, 0.2) is 30.3 Å². The largest absolute Gasteiger partial charge is 0.465 e. The van der Waals surface area contributed by atoms with Crippen LogP contribution in [0.3, 0.4) is 0 Å². The number of hydrogen-bond donors (Lipinski definition) is 1. The van der Waals surface area contributed by atoms with E-state index < -0.39 is 24.1 Å². The molecule has 1 saturated heterocycles. The summed E-state index contributed by atoms with van der Waals surface area (Å²) in [5, 5.41) is 9.11. The van der Waals surface area contributed by atoms with Crippen LogP contribution in [-0.4, -0.2) is 34.1 Å². The van der Waals surface area contributed by atoms with Crippen LogP contribution in [0, 0.1) is 0 Å². The van der Waals surface area contributed by atoms with Crippen molar-refractivity contribution in [3.05, 3.63) is 35.9 Å². The minimum Gasteiger partial charge on any atom is -0.465 e. The van der Waals surface area contributed by atoms with Gasteiger partial charge in [-0.1, -0.05) is 30.3 Å². The van der Waals surface area contributed by atoms with Gasteiger partial charge >= 0.3 is 18.0 Å². The number of ether oxygens (including phenoxy) is 1. The fraction of sp³-hybridized carbons (Fsp3) is 0.250. The van der Waals surface area contributed by atoms with Gasteiger partial charge in [-0.25, -0.2) is 9.59 Å². The number of benzene rings is 1. The standard InChI is InChI=1S/C12H11NO5/c14-10-6-9(11(15)18-10)13(12(16)17)7-8-4-2-1-3-5-8/h1-5,9H,6-7H2,(H,16,17). The maximum atomic E-state index is 11.4. The quantitative estimate of drug-likeness (QED) is 0.638. The maximum Gasteiger partial charge on any atom is 0.408 e. The zero-order valence-corrected chi connectivity index (χ0v) is 9.41. The van der Waals surface area contributed by atoms with Gasteiger partial charge in [0.05, 0.1) is 6.42 Å². The summed E-state index contributed by atoms with van der Waals surface area (Å²) in [5.41, 5.74) is 0.743. The number of carboxylic acid groups (broad SMARTS) is 1. The van der Waals surface area contributed by atoms with E-state index in [-0.39, 0.29) is 13.0 Å². The van der Waals surface area contributed by atoms with Crippen molar-refractivity contribution in [2.75, 3.05) is 0 Å². The second-order valence-corrected chi connectivity index (χ2v) is 3.91. The van der Waals surface area contributed by atoms with E-state index in [1.54, 1.807) is 24.3 Å². The van der Waals surface area contributed by atoms with E-state index in [0.29, 0.717) is 0 Å². The molecule has 6 nitrogen and oxygen atoms in total. The van der Waals surface area contributed by atoms with Crippen molar-refractivity contribution in [1.82, 2.24) is 4.90 Å². The van der Waals surface area contributed by atoms with Crippen molar-refractivity contribution in [3.8, 4) is 0 Å². The molecule has 6 heteroatoms. The number of carbonyl (C=O) groups is 3. The van der Waals surface area contributed by atoms with Crippen LogP contribution in [0.2, 0.25) is 0 Å². The Morgan fingerprint density at radius 3 is 2.50 bits per heavy atom. The van der Waals surface area contributed by atoms with E-state index in [0.717, 1.165) is 10.5 Å². The Hall–Kier alpha value is -2.37. The van der Waals surface area contributed by atoms with Crippen LogP contribution in [0.1, 0.15) is 12.0 Å². The molecule has 0 bridgehead atoms. The van der Waals surface area contributed by atoms with Crippen LogP contribution in [0.4, 0.5) is 4.79 Å². The van der Waals surface area contributed by atoms with Gasteiger partial charge in [0, 0.05) is 6.54 Å². The number of amides is 1. The van der Waals surface area contributed by atoms with E-state index in [2.05, 4.69) is 4.74 Å². The first-order valence-electron chi connectivity index (χ1n) is 5.36. The lowest BCUT2D eigenvalue weighted by Crippen LogP contribution is -2.41. The van der Waals surface area contributed by atoms with Crippen molar-refractivity contribution >= 4 is 18.0 Å². The average molecular weight is 249 g/mol. The third-order valence-electron chi connectivity index (χ3n) is 2.66. The van der Waals surface area contributed by atoms with Gasteiger partial charge in [0.1, 0.15) is 6.04 Å². The zero-order valence-electron chi connectivity index (χ0n) is 9.41. The number of hydrogen-bond acceptors (Lipinski definition) is 4. The van der Waals surface area contributed by atoms with Crippen molar-refractivity contribution < 1.29 is 24.2 Å². The summed E-state index contributed by atoms with van der Waals surface area (Å²) >= 11 is 0. The van der Waals surface area contributed by atoms with Gasteiger partial charge in [0.25, 0.3) is 0 Å². The minimum absolute atomic E-state index is 0.0449. The van der Waals surface area contributed by atoms with Crippen LogP contribution >= 0.6 is 0 Å². The molecule has 94 valence electrons. The molecule has 2 rings (SSSR count). The van der Waals surface area contributed by atoms with E-state index in [9.17, 15) is 14.4 Å². The third-order valence-corrected chi connectivity index (χ3v) is 2.66. The second kappa shape index (κ2) is 4.87. The molecular formula is C12H11NO5. The highest BCUT2D eigenvalue weighted by atomic mass is 16.6. The SMILES string of the molecule is O=C1CC(N(Cc2ccccc2)C(=O)O)C(=O)O1. The molecule has 1 N–H and O–H groups in total. The Kier molecular flexibility index (Phi) is 3.27. The van der Waals surface area contributed by atoms with Crippen molar-refractivity contribution in [2.24, 2.45) is 0 Å². The highest BCUT2D eigenvalue weighted by Crippen LogP contribution is 2.18. The molecule has 18 heavy (non-hydrogen) atoms. The van der Waals surface area contributed by atoms with Gasteiger partial charge in [-0.3, -0.25) is 9.69 Å². The molecule has 0 radical (unpaired) electrons. The predicted octanol–water partition coefficient (Wildman–Crippen LogP) is 1.01. The zero-order chi connectivity index (χ0) is 13.1. The van der Waals surface area contributed by atoms with E-state index in [4.69, 9.17) is 5.11 Å².